The van der Waals surface area contributed by atoms with Crippen molar-refractivity contribution in [3.05, 3.63) is 0 Å². The number of morpholine rings is 1. The predicted octanol–water partition coefficient (Wildman–Crippen LogP) is -1.14. The average molecular weight is 202 g/mol. The molecule has 1 fully saturated rings. The summed E-state index contributed by atoms with van der Waals surface area (Å²) in [5.74, 6) is -0.0992. The summed E-state index contributed by atoms with van der Waals surface area (Å²) in [6, 6.07) is 0. The molecule has 5 heteroatoms. The number of hydrogen-bond acceptors (Lipinski definition) is 4. The number of amides is 1. The van der Waals surface area contributed by atoms with Crippen LogP contribution in [0.25, 0.3) is 0 Å². The van der Waals surface area contributed by atoms with E-state index < -0.39 is 0 Å². The molecule has 0 aliphatic carbocycles. The van der Waals surface area contributed by atoms with Crippen molar-refractivity contribution in [1.82, 2.24) is 10.6 Å². The molecular formula is C9H18N2O3. The maximum atomic E-state index is 11.4. The fourth-order valence-electron chi connectivity index (χ4n) is 1.25. The van der Waals surface area contributed by atoms with Crippen molar-refractivity contribution in [3.63, 3.8) is 0 Å². The van der Waals surface area contributed by atoms with Crippen LogP contribution in [0.3, 0.4) is 0 Å². The van der Waals surface area contributed by atoms with Gasteiger partial charge in [0, 0.05) is 19.6 Å². The number of carbonyl (C=O) groups excluding carboxylic acids is 1. The molecule has 1 aliphatic heterocycles. The molecule has 1 saturated heterocycles. The van der Waals surface area contributed by atoms with Crippen molar-refractivity contribution >= 4 is 5.91 Å². The molecular weight excluding hydrogens is 184 g/mol. The van der Waals surface area contributed by atoms with Crippen LogP contribution in [0.1, 0.15) is 13.3 Å². The number of carbonyl (C=O) groups is 1. The molecule has 2 unspecified atom stereocenters. The monoisotopic (exact) mass is 202 g/mol. The topological polar surface area (TPSA) is 70.6 Å². The summed E-state index contributed by atoms with van der Waals surface area (Å²) < 4.78 is 5.26. The summed E-state index contributed by atoms with van der Waals surface area (Å²) >= 11 is 0. The number of aliphatic hydroxyl groups is 1. The highest BCUT2D eigenvalue weighted by molar-refractivity contribution is 5.81. The lowest BCUT2D eigenvalue weighted by atomic mass is 10.2. The lowest BCUT2D eigenvalue weighted by Gasteiger charge is -2.22. The number of ether oxygens (including phenoxy) is 1. The summed E-state index contributed by atoms with van der Waals surface area (Å²) in [6.07, 6.45) is -0.176. The van der Waals surface area contributed by atoms with Crippen LogP contribution in [0, 0.1) is 0 Å². The van der Waals surface area contributed by atoms with Crippen LogP contribution >= 0.6 is 0 Å². The third-order valence-corrected chi connectivity index (χ3v) is 2.08. The van der Waals surface area contributed by atoms with E-state index in [1.807, 2.05) is 0 Å². The van der Waals surface area contributed by atoms with Gasteiger partial charge in [0.2, 0.25) is 5.91 Å². The third-order valence-electron chi connectivity index (χ3n) is 2.08. The fourth-order valence-corrected chi connectivity index (χ4v) is 1.25. The van der Waals surface area contributed by atoms with E-state index in [0.29, 0.717) is 26.1 Å². The van der Waals surface area contributed by atoms with E-state index in [1.54, 1.807) is 6.92 Å². The number of nitrogens with one attached hydrogen (secondary N) is 2. The van der Waals surface area contributed by atoms with E-state index in [0.717, 1.165) is 6.54 Å². The number of hydrogen-bond donors (Lipinski definition) is 3. The van der Waals surface area contributed by atoms with Crippen LogP contribution in [0.15, 0.2) is 0 Å². The Morgan fingerprint density at radius 2 is 2.57 bits per heavy atom. The highest BCUT2D eigenvalue weighted by Crippen LogP contribution is 1.96. The second-order valence-electron chi connectivity index (χ2n) is 3.49. The van der Waals surface area contributed by atoms with Gasteiger partial charge >= 0.3 is 0 Å². The predicted molar refractivity (Wildman–Crippen MR) is 51.9 cm³/mol. The zero-order chi connectivity index (χ0) is 10.4. The van der Waals surface area contributed by atoms with Crippen LogP contribution in [0.4, 0.5) is 0 Å². The number of rotatable bonds is 4. The molecule has 0 aromatic heterocycles. The molecule has 1 amide bonds. The first kappa shape index (κ1) is 11.4. The Kier molecular flexibility index (Phi) is 4.86. The third kappa shape index (κ3) is 4.04. The van der Waals surface area contributed by atoms with Gasteiger partial charge in [-0.3, -0.25) is 4.79 Å². The summed E-state index contributed by atoms with van der Waals surface area (Å²) in [4.78, 5) is 11.4. The first-order valence-electron chi connectivity index (χ1n) is 4.98. The zero-order valence-corrected chi connectivity index (χ0v) is 8.45. The zero-order valence-electron chi connectivity index (χ0n) is 8.45. The Hall–Kier alpha value is -0.650. The van der Waals surface area contributed by atoms with Gasteiger partial charge in [-0.25, -0.2) is 0 Å². The van der Waals surface area contributed by atoms with Crippen molar-refractivity contribution < 1.29 is 14.6 Å². The Bertz CT molecular complexity index is 179. The largest absolute Gasteiger partial charge is 0.393 e. The quantitative estimate of drug-likeness (QED) is 0.539. The van der Waals surface area contributed by atoms with Crippen molar-refractivity contribution in [3.8, 4) is 0 Å². The molecule has 0 saturated carbocycles. The Morgan fingerprint density at radius 1 is 1.79 bits per heavy atom. The van der Waals surface area contributed by atoms with E-state index in [4.69, 9.17) is 9.84 Å². The average Bonchev–Trinajstić information content (AvgIpc) is 2.18. The van der Waals surface area contributed by atoms with Gasteiger partial charge in [0.05, 0.1) is 12.7 Å². The minimum absolute atomic E-state index is 0.0992. The summed E-state index contributed by atoms with van der Waals surface area (Å²) in [5.41, 5.74) is 0. The molecule has 0 aromatic carbocycles. The van der Waals surface area contributed by atoms with Crippen molar-refractivity contribution in [2.75, 3.05) is 26.2 Å². The van der Waals surface area contributed by atoms with Crippen LogP contribution < -0.4 is 10.6 Å². The fraction of sp³-hybridized carbons (Fsp3) is 0.889. The molecule has 1 aliphatic rings. The number of aliphatic hydroxyl groups excluding tert-OH is 1. The molecule has 0 bridgehead atoms. The van der Waals surface area contributed by atoms with Crippen LogP contribution in [-0.4, -0.2) is 49.5 Å². The van der Waals surface area contributed by atoms with Gasteiger partial charge in [0.1, 0.15) is 6.10 Å². The standard InChI is InChI=1S/C9H18N2O3/c1-7(12)2-3-11-9(13)8-6-10-4-5-14-8/h7-8,10,12H,2-6H2,1H3,(H,11,13). The molecule has 82 valence electrons. The molecule has 0 spiro atoms. The highest BCUT2D eigenvalue weighted by Gasteiger charge is 2.20. The molecule has 3 N–H and O–H groups in total. The SMILES string of the molecule is CC(O)CCNC(=O)C1CNCCO1. The molecule has 0 aromatic rings. The van der Waals surface area contributed by atoms with E-state index in [2.05, 4.69) is 10.6 Å². The smallest absolute Gasteiger partial charge is 0.250 e. The first-order valence-corrected chi connectivity index (χ1v) is 4.98. The second kappa shape index (κ2) is 5.95. The van der Waals surface area contributed by atoms with Gasteiger partial charge in [-0.2, -0.15) is 0 Å². The Labute approximate surface area is 83.8 Å². The van der Waals surface area contributed by atoms with Crippen molar-refractivity contribution in [1.29, 1.82) is 0 Å². The van der Waals surface area contributed by atoms with Crippen LogP contribution in [-0.2, 0) is 9.53 Å². The normalized spacial score (nSPS) is 24.3. The maximum absolute atomic E-state index is 11.4. The minimum atomic E-state index is -0.377. The van der Waals surface area contributed by atoms with Gasteiger partial charge < -0.3 is 20.5 Å². The van der Waals surface area contributed by atoms with E-state index in [1.165, 1.54) is 0 Å². The second-order valence-corrected chi connectivity index (χ2v) is 3.49. The van der Waals surface area contributed by atoms with Crippen LogP contribution in [0.2, 0.25) is 0 Å². The summed E-state index contributed by atoms with van der Waals surface area (Å²) in [5, 5.41) is 14.8. The van der Waals surface area contributed by atoms with Gasteiger partial charge in [-0.1, -0.05) is 0 Å². The van der Waals surface area contributed by atoms with E-state index >= 15 is 0 Å². The minimum Gasteiger partial charge on any atom is -0.393 e. The van der Waals surface area contributed by atoms with E-state index in [-0.39, 0.29) is 18.1 Å². The highest BCUT2D eigenvalue weighted by atomic mass is 16.5. The van der Waals surface area contributed by atoms with Gasteiger partial charge in [0.15, 0.2) is 0 Å². The molecule has 2 atom stereocenters. The Balaban J connectivity index is 2.13. The summed E-state index contributed by atoms with van der Waals surface area (Å²) in [7, 11) is 0. The van der Waals surface area contributed by atoms with Crippen molar-refractivity contribution in [2.45, 2.75) is 25.6 Å². The molecule has 1 heterocycles. The van der Waals surface area contributed by atoms with Crippen molar-refractivity contribution in [2.24, 2.45) is 0 Å². The molecule has 14 heavy (non-hydrogen) atoms. The van der Waals surface area contributed by atoms with E-state index in [9.17, 15) is 4.79 Å². The molecule has 1 rings (SSSR count). The first-order chi connectivity index (χ1) is 6.70. The van der Waals surface area contributed by atoms with Gasteiger partial charge in [-0.05, 0) is 13.3 Å². The Morgan fingerprint density at radius 3 is 3.14 bits per heavy atom. The molecule has 5 nitrogen and oxygen atoms in total. The lowest BCUT2D eigenvalue weighted by molar-refractivity contribution is -0.134. The van der Waals surface area contributed by atoms with Gasteiger partial charge in [-0.15, -0.1) is 0 Å². The summed E-state index contributed by atoms with van der Waals surface area (Å²) in [6.45, 7) is 4.15. The lowest BCUT2D eigenvalue weighted by Crippen LogP contribution is -2.48. The van der Waals surface area contributed by atoms with Gasteiger partial charge in [0.25, 0.3) is 0 Å². The maximum Gasteiger partial charge on any atom is 0.250 e. The molecule has 0 radical (unpaired) electrons. The van der Waals surface area contributed by atoms with Crippen LogP contribution in [0.5, 0.6) is 0 Å².